The average molecular weight is 563 g/mol. The van der Waals surface area contributed by atoms with Crippen LogP contribution in [-0.4, -0.2) is 61.6 Å². The molecule has 4 aromatic rings. The highest BCUT2D eigenvalue weighted by atomic mass is 32.2. The molecule has 7 rings (SSSR count). The van der Waals surface area contributed by atoms with Crippen LogP contribution in [0.3, 0.4) is 0 Å². The van der Waals surface area contributed by atoms with Gasteiger partial charge in [-0.1, -0.05) is 12.0 Å². The number of phenolic OH excluding ortho intramolecular Hbond substituents is 1. The van der Waals surface area contributed by atoms with E-state index in [-0.39, 0.29) is 46.1 Å². The number of halogens is 3. The van der Waals surface area contributed by atoms with Gasteiger partial charge in [0.1, 0.15) is 40.6 Å². The topological polar surface area (TPSA) is 71.4 Å². The predicted molar refractivity (Wildman–Crippen MR) is 147 cm³/mol. The van der Waals surface area contributed by atoms with Gasteiger partial charge in [0.25, 0.3) is 0 Å². The summed E-state index contributed by atoms with van der Waals surface area (Å²) in [6.07, 6.45) is 10.5. The molecule has 2 aromatic carbocycles. The number of alkyl halides is 1. The highest BCUT2D eigenvalue weighted by Gasteiger charge is 2.49. The Balaban J connectivity index is 1.35. The molecule has 0 amide bonds. The number of terminal acetylenes is 1. The first-order chi connectivity index (χ1) is 19.3. The summed E-state index contributed by atoms with van der Waals surface area (Å²) < 4.78 is 51.4. The molecule has 40 heavy (non-hydrogen) atoms. The summed E-state index contributed by atoms with van der Waals surface area (Å²) in [6.45, 7) is 1.44. The number of pyridine rings is 1. The number of thioether (sulfide) groups is 1. The van der Waals surface area contributed by atoms with Gasteiger partial charge in [-0.05, 0) is 55.8 Å². The quantitative estimate of drug-likeness (QED) is 0.228. The molecule has 2 atom stereocenters. The maximum Gasteiger partial charge on any atom is 0.318 e. The van der Waals surface area contributed by atoms with Gasteiger partial charge in [0.2, 0.25) is 0 Å². The molecule has 1 N–H and O–H groups in total. The molecule has 0 radical (unpaired) electrons. The Bertz CT molecular complexity index is 1720. The van der Waals surface area contributed by atoms with E-state index in [1.54, 1.807) is 0 Å². The number of rotatable bonds is 6. The summed E-state index contributed by atoms with van der Waals surface area (Å²) >= 11 is 1.53. The molecule has 3 fully saturated rings. The largest absolute Gasteiger partial charge is 0.508 e. The summed E-state index contributed by atoms with van der Waals surface area (Å²) in [7, 11) is 0. The van der Waals surface area contributed by atoms with E-state index in [0.29, 0.717) is 34.0 Å². The highest BCUT2D eigenvalue weighted by molar-refractivity contribution is 8.00. The Kier molecular flexibility index (Phi) is 6.06. The van der Waals surface area contributed by atoms with Gasteiger partial charge < -0.3 is 9.84 Å². The van der Waals surface area contributed by atoms with Gasteiger partial charge in [0.05, 0.1) is 16.5 Å². The van der Waals surface area contributed by atoms with Crippen LogP contribution >= 0.6 is 11.8 Å². The van der Waals surface area contributed by atoms with E-state index >= 15 is 4.39 Å². The molecule has 4 heterocycles. The fraction of sp³-hybridized carbons (Fsp3) is 0.367. The van der Waals surface area contributed by atoms with Crippen molar-refractivity contribution in [1.82, 2.24) is 19.9 Å². The van der Waals surface area contributed by atoms with Crippen LogP contribution in [0, 0.1) is 24.0 Å². The zero-order valence-electron chi connectivity index (χ0n) is 21.5. The second-order valence-corrected chi connectivity index (χ2v) is 12.1. The van der Waals surface area contributed by atoms with Crippen molar-refractivity contribution in [2.75, 3.05) is 19.7 Å². The molecular formula is C30H25F3N4O2S. The van der Waals surface area contributed by atoms with Gasteiger partial charge in [-0.25, -0.2) is 13.2 Å². The number of hydrogen-bond donors (Lipinski definition) is 1. The zero-order valence-corrected chi connectivity index (χ0v) is 22.3. The van der Waals surface area contributed by atoms with Crippen LogP contribution in [0.2, 0.25) is 0 Å². The number of fused-ring (bicyclic) bond motifs is 3. The molecule has 6 nitrogen and oxygen atoms in total. The van der Waals surface area contributed by atoms with Crippen molar-refractivity contribution in [2.45, 2.75) is 54.1 Å². The lowest BCUT2D eigenvalue weighted by Gasteiger charge is -2.30. The number of aromatic hydroxyl groups is 1. The summed E-state index contributed by atoms with van der Waals surface area (Å²) in [5.41, 5.74) is -0.420. The summed E-state index contributed by atoms with van der Waals surface area (Å²) in [4.78, 5) is 15.6. The third kappa shape index (κ3) is 4.23. The SMILES string of the molecule is C#Cc1c(F)ccc2cc(O)cc(-c3ncc4c(SC5CC5)nc(OC[C@@]56CCCN5C[C@H](F)C6)nc4c3F)c12. The minimum Gasteiger partial charge on any atom is -0.508 e. The van der Waals surface area contributed by atoms with Crippen molar-refractivity contribution in [2.24, 2.45) is 0 Å². The highest BCUT2D eigenvalue weighted by Crippen LogP contribution is 2.44. The molecule has 2 aliphatic heterocycles. The van der Waals surface area contributed by atoms with Gasteiger partial charge in [-0.2, -0.15) is 9.97 Å². The van der Waals surface area contributed by atoms with E-state index in [4.69, 9.17) is 11.2 Å². The first-order valence-electron chi connectivity index (χ1n) is 13.3. The van der Waals surface area contributed by atoms with Crippen molar-refractivity contribution < 1.29 is 23.0 Å². The molecule has 1 saturated carbocycles. The predicted octanol–water partition coefficient (Wildman–Crippen LogP) is 6.02. The molecular weight excluding hydrogens is 537 g/mol. The summed E-state index contributed by atoms with van der Waals surface area (Å²) in [5, 5.41) is 12.5. The Hall–Kier alpha value is -3.55. The number of benzene rings is 2. The molecule has 204 valence electrons. The zero-order chi connectivity index (χ0) is 27.6. The Morgan fingerprint density at radius 2 is 2.08 bits per heavy atom. The van der Waals surface area contributed by atoms with E-state index in [1.807, 2.05) is 0 Å². The van der Waals surface area contributed by atoms with Crippen molar-refractivity contribution in [1.29, 1.82) is 0 Å². The van der Waals surface area contributed by atoms with Gasteiger partial charge in [0.15, 0.2) is 5.82 Å². The third-order valence-corrected chi connectivity index (χ3v) is 9.45. The monoisotopic (exact) mass is 562 g/mol. The Labute approximate surface area is 233 Å². The number of nitrogens with zero attached hydrogens (tertiary/aromatic N) is 4. The molecule has 2 saturated heterocycles. The van der Waals surface area contributed by atoms with E-state index in [1.165, 1.54) is 42.2 Å². The lowest BCUT2D eigenvalue weighted by Crippen LogP contribution is -2.43. The Morgan fingerprint density at radius 3 is 2.88 bits per heavy atom. The Morgan fingerprint density at radius 1 is 1.23 bits per heavy atom. The van der Waals surface area contributed by atoms with Crippen LogP contribution in [0.25, 0.3) is 32.9 Å². The van der Waals surface area contributed by atoms with Gasteiger partial charge in [-0.3, -0.25) is 9.88 Å². The van der Waals surface area contributed by atoms with Crippen LogP contribution in [-0.2, 0) is 0 Å². The van der Waals surface area contributed by atoms with E-state index in [0.717, 1.165) is 32.2 Å². The lowest BCUT2D eigenvalue weighted by molar-refractivity contribution is 0.107. The standard InChI is InChI=1S/C30H25F3N4O2S/c1-2-20-23(32)7-4-16-10-18(38)11-21(24(16)20)26-25(33)27-22(13-34-26)28(40-19-5-6-19)36-29(35-27)39-15-30-8-3-9-37(30)14-17(31)12-30/h1,4,7,10-11,13,17,19,38H,3,5-6,8-9,12,14-15H2/t17-,30+/m1/s1. The third-order valence-electron chi connectivity index (χ3n) is 8.11. The molecule has 10 heteroatoms. The molecule has 2 aromatic heterocycles. The normalized spacial score (nSPS) is 22.6. The van der Waals surface area contributed by atoms with Crippen molar-refractivity contribution in [3.05, 3.63) is 47.7 Å². The maximum absolute atomic E-state index is 16.4. The number of ether oxygens (including phenoxy) is 1. The van der Waals surface area contributed by atoms with E-state index < -0.39 is 23.3 Å². The minimum absolute atomic E-state index is 0.00358. The van der Waals surface area contributed by atoms with E-state index in [2.05, 4.69) is 25.8 Å². The summed E-state index contributed by atoms with van der Waals surface area (Å²) in [6, 6.07) is 5.46. The van der Waals surface area contributed by atoms with Crippen LogP contribution in [0.4, 0.5) is 13.2 Å². The molecule has 0 bridgehead atoms. The van der Waals surface area contributed by atoms with Gasteiger partial charge in [-0.15, -0.1) is 18.2 Å². The van der Waals surface area contributed by atoms with Crippen molar-refractivity contribution in [3.8, 4) is 35.4 Å². The molecule has 0 unspecified atom stereocenters. The second-order valence-electron chi connectivity index (χ2n) is 10.8. The number of hydrogen-bond acceptors (Lipinski definition) is 7. The summed E-state index contributed by atoms with van der Waals surface area (Å²) in [5.74, 6) is 0.819. The molecule has 0 spiro atoms. The molecule has 3 aliphatic rings. The number of aromatic nitrogens is 3. The average Bonchev–Trinajstić information content (AvgIpc) is 3.58. The van der Waals surface area contributed by atoms with Crippen molar-refractivity contribution >= 4 is 33.4 Å². The van der Waals surface area contributed by atoms with Gasteiger partial charge >= 0.3 is 6.01 Å². The first-order valence-corrected chi connectivity index (χ1v) is 14.2. The molecule has 1 aliphatic carbocycles. The van der Waals surface area contributed by atoms with Crippen LogP contribution in [0.15, 0.2) is 35.5 Å². The fourth-order valence-electron chi connectivity index (χ4n) is 6.10. The fourth-order valence-corrected chi connectivity index (χ4v) is 7.19. The number of phenols is 1. The van der Waals surface area contributed by atoms with Gasteiger partial charge in [0, 0.05) is 35.4 Å². The lowest BCUT2D eigenvalue weighted by atomic mass is 9.95. The second kappa shape index (κ2) is 9.53. The maximum atomic E-state index is 16.4. The van der Waals surface area contributed by atoms with Crippen LogP contribution in [0.5, 0.6) is 11.8 Å². The van der Waals surface area contributed by atoms with Crippen LogP contribution < -0.4 is 4.74 Å². The van der Waals surface area contributed by atoms with Crippen molar-refractivity contribution in [3.63, 3.8) is 0 Å². The smallest absolute Gasteiger partial charge is 0.318 e. The van der Waals surface area contributed by atoms with E-state index in [9.17, 15) is 13.9 Å². The first kappa shape index (κ1) is 25.4. The van der Waals surface area contributed by atoms with Crippen LogP contribution in [0.1, 0.15) is 37.7 Å². The minimum atomic E-state index is -0.900.